The molecule has 1 N–H and O–H groups in total. The average molecular weight is 307 g/mol. The highest BCUT2D eigenvalue weighted by molar-refractivity contribution is 5.79. The van der Waals surface area contributed by atoms with E-state index in [2.05, 4.69) is 0 Å². The highest BCUT2D eigenvalue weighted by Crippen LogP contribution is 2.50. The first-order chi connectivity index (χ1) is 10.5. The van der Waals surface area contributed by atoms with Crippen molar-refractivity contribution in [2.75, 3.05) is 13.1 Å². The van der Waals surface area contributed by atoms with Crippen LogP contribution >= 0.6 is 0 Å². The lowest BCUT2D eigenvalue weighted by atomic mass is 9.80. The Morgan fingerprint density at radius 2 is 2.09 bits per heavy atom. The number of rotatable bonds is 3. The third kappa shape index (κ3) is 2.42. The van der Waals surface area contributed by atoms with Gasteiger partial charge in [0.15, 0.2) is 0 Å². The third-order valence-corrected chi connectivity index (χ3v) is 4.79. The minimum Gasteiger partial charge on any atom is -0.481 e. The monoisotopic (exact) mass is 307 g/mol. The van der Waals surface area contributed by atoms with Crippen LogP contribution in [0.2, 0.25) is 0 Å². The van der Waals surface area contributed by atoms with Gasteiger partial charge in [0.2, 0.25) is 0 Å². The van der Waals surface area contributed by atoms with Gasteiger partial charge in [0.1, 0.15) is 12.8 Å². The molecular formula is C16H18FNO4. The van der Waals surface area contributed by atoms with Crippen LogP contribution in [-0.4, -0.2) is 41.3 Å². The standard InChI is InChI=1S/C16H18FNO4/c17-13-6-7-16(14(19)20)10-18(8-12(13)16)15(21)22-9-11-4-2-1-3-5-11/h1-5,12-13H,6-10H2,(H,19,20)/t12-,13-,16+/m0/s1. The molecule has 1 aromatic rings. The molecule has 0 unspecified atom stereocenters. The SMILES string of the molecule is O=C(OCc1ccccc1)N1C[C@H]2[C@@H](F)CC[C@@]2(C(=O)O)C1. The van der Waals surface area contributed by atoms with Crippen molar-refractivity contribution in [1.29, 1.82) is 0 Å². The van der Waals surface area contributed by atoms with Gasteiger partial charge in [-0.05, 0) is 18.4 Å². The number of aliphatic carboxylic acids is 1. The fourth-order valence-electron chi connectivity index (χ4n) is 3.54. The highest BCUT2D eigenvalue weighted by atomic mass is 19.1. The number of hydrogen-bond acceptors (Lipinski definition) is 3. The summed E-state index contributed by atoms with van der Waals surface area (Å²) in [6, 6.07) is 9.22. The Morgan fingerprint density at radius 3 is 2.73 bits per heavy atom. The lowest BCUT2D eigenvalue weighted by molar-refractivity contribution is -0.149. The van der Waals surface area contributed by atoms with Crippen molar-refractivity contribution in [2.24, 2.45) is 11.3 Å². The van der Waals surface area contributed by atoms with Gasteiger partial charge in [-0.15, -0.1) is 0 Å². The normalized spacial score (nSPS) is 30.1. The summed E-state index contributed by atoms with van der Waals surface area (Å²) >= 11 is 0. The van der Waals surface area contributed by atoms with Gasteiger partial charge in [-0.3, -0.25) is 4.79 Å². The van der Waals surface area contributed by atoms with Crippen LogP contribution in [0.1, 0.15) is 18.4 Å². The first kappa shape index (κ1) is 14.8. The zero-order chi connectivity index (χ0) is 15.7. The van der Waals surface area contributed by atoms with Gasteiger partial charge in [-0.25, -0.2) is 9.18 Å². The summed E-state index contributed by atoms with van der Waals surface area (Å²) in [7, 11) is 0. The van der Waals surface area contributed by atoms with Crippen LogP contribution in [-0.2, 0) is 16.1 Å². The Hall–Kier alpha value is -2.11. The smallest absolute Gasteiger partial charge is 0.410 e. The summed E-state index contributed by atoms with van der Waals surface area (Å²) in [5, 5.41) is 9.45. The summed E-state index contributed by atoms with van der Waals surface area (Å²) < 4.78 is 19.1. The van der Waals surface area contributed by atoms with Crippen molar-refractivity contribution in [3.8, 4) is 0 Å². The van der Waals surface area contributed by atoms with Gasteiger partial charge in [0.25, 0.3) is 0 Å². The molecule has 1 amide bonds. The molecule has 3 atom stereocenters. The van der Waals surface area contributed by atoms with Crippen molar-refractivity contribution in [3.05, 3.63) is 35.9 Å². The lowest BCUT2D eigenvalue weighted by Crippen LogP contribution is -2.37. The molecule has 1 aliphatic heterocycles. The second-order valence-electron chi connectivity index (χ2n) is 6.04. The number of likely N-dealkylation sites (tertiary alicyclic amines) is 1. The fourth-order valence-corrected chi connectivity index (χ4v) is 3.54. The van der Waals surface area contributed by atoms with Crippen molar-refractivity contribution in [3.63, 3.8) is 0 Å². The number of benzene rings is 1. The van der Waals surface area contributed by atoms with E-state index in [1.165, 1.54) is 4.90 Å². The summed E-state index contributed by atoms with van der Waals surface area (Å²) in [5.41, 5.74) is -0.294. The molecule has 0 radical (unpaired) electrons. The second-order valence-corrected chi connectivity index (χ2v) is 6.04. The number of amides is 1. The maximum atomic E-state index is 13.9. The number of carboxylic acid groups (broad SMARTS) is 1. The van der Waals surface area contributed by atoms with Crippen LogP contribution in [0.15, 0.2) is 30.3 Å². The number of carboxylic acids is 1. The molecule has 1 saturated carbocycles. The zero-order valence-electron chi connectivity index (χ0n) is 12.1. The Bertz CT molecular complexity index is 579. The Kier molecular flexibility index (Phi) is 3.76. The molecule has 3 rings (SSSR count). The number of halogens is 1. The van der Waals surface area contributed by atoms with Gasteiger partial charge >= 0.3 is 12.1 Å². The molecule has 22 heavy (non-hydrogen) atoms. The summed E-state index contributed by atoms with van der Waals surface area (Å²) in [5.74, 6) is -1.65. The zero-order valence-corrected chi connectivity index (χ0v) is 12.1. The Labute approximate surface area is 127 Å². The minimum atomic E-state index is -1.16. The van der Waals surface area contributed by atoms with Gasteiger partial charge in [0.05, 0.1) is 5.41 Å². The van der Waals surface area contributed by atoms with Crippen molar-refractivity contribution in [1.82, 2.24) is 4.90 Å². The van der Waals surface area contributed by atoms with E-state index in [1.54, 1.807) is 0 Å². The lowest BCUT2D eigenvalue weighted by Gasteiger charge is -2.23. The Balaban J connectivity index is 1.64. The predicted octanol–water partition coefficient (Wildman–Crippen LogP) is 2.46. The largest absolute Gasteiger partial charge is 0.481 e. The molecule has 0 bridgehead atoms. The molecule has 2 fully saturated rings. The second kappa shape index (κ2) is 5.59. The maximum absolute atomic E-state index is 13.9. The number of alkyl halides is 1. The van der Waals surface area contributed by atoms with Gasteiger partial charge in [-0.1, -0.05) is 30.3 Å². The van der Waals surface area contributed by atoms with E-state index in [-0.39, 0.29) is 32.5 Å². The topological polar surface area (TPSA) is 66.8 Å². The highest BCUT2D eigenvalue weighted by Gasteiger charge is 2.60. The van der Waals surface area contributed by atoms with Crippen LogP contribution in [0.25, 0.3) is 0 Å². The van der Waals surface area contributed by atoms with E-state index in [4.69, 9.17) is 4.74 Å². The maximum Gasteiger partial charge on any atom is 0.410 e. The van der Waals surface area contributed by atoms with Gasteiger partial charge < -0.3 is 14.7 Å². The number of fused-ring (bicyclic) bond motifs is 1. The van der Waals surface area contributed by atoms with E-state index in [0.29, 0.717) is 0 Å². The quantitative estimate of drug-likeness (QED) is 0.931. The molecule has 5 nitrogen and oxygen atoms in total. The molecule has 6 heteroatoms. The summed E-state index contributed by atoms with van der Waals surface area (Å²) in [4.78, 5) is 25.0. The van der Waals surface area contributed by atoms with E-state index in [1.807, 2.05) is 30.3 Å². The van der Waals surface area contributed by atoms with E-state index >= 15 is 0 Å². The van der Waals surface area contributed by atoms with Crippen LogP contribution in [0.4, 0.5) is 9.18 Å². The number of carbonyl (C=O) groups excluding carboxylic acids is 1. The molecule has 1 saturated heterocycles. The number of carbonyl (C=O) groups is 2. The number of nitrogens with zero attached hydrogens (tertiary/aromatic N) is 1. The van der Waals surface area contributed by atoms with Crippen molar-refractivity contribution < 1.29 is 23.8 Å². The Morgan fingerprint density at radius 1 is 1.36 bits per heavy atom. The molecule has 0 aromatic heterocycles. The molecular weight excluding hydrogens is 289 g/mol. The van der Waals surface area contributed by atoms with Gasteiger partial charge in [0, 0.05) is 19.0 Å². The van der Waals surface area contributed by atoms with Crippen LogP contribution in [0.3, 0.4) is 0 Å². The molecule has 1 aliphatic carbocycles. The summed E-state index contributed by atoms with van der Waals surface area (Å²) in [6.07, 6.45) is -1.21. The van der Waals surface area contributed by atoms with Crippen LogP contribution < -0.4 is 0 Å². The number of hydrogen-bond donors (Lipinski definition) is 1. The van der Waals surface area contributed by atoms with Crippen molar-refractivity contribution >= 4 is 12.1 Å². The van der Waals surface area contributed by atoms with E-state index < -0.39 is 29.6 Å². The summed E-state index contributed by atoms with van der Waals surface area (Å²) in [6.45, 7) is 0.266. The minimum absolute atomic E-state index is 0.0288. The first-order valence-electron chi connectivity index (χ1n) is 7.36. The third-order valence-electron chi connectivity index (χ3n) is 4.79. The molecule has 2 aliphatic rings. The fraction of sp³-hybridized carbons (Fsp3) is 0.500. The first-order valence-corrected chi connectivity index (χ1v) is 7.36. The van der Waals surface area contributed by atoms with Crippen LogP contribution in [0.5, 0.6) is 0 Å². The van der Waals surface area contributed by atoms with Crippen LogP contribution in [0, 0.1) is 11.3 Å². The van der Waals surface area contributed by atoms with E-state index in [9.17, 15) is 19.1 Å². The molecule has 118 valence electrons. The number of ether oxygens (including phenoxy) is 1. The van der Waals surface area contributed by atoms with Crippen molar-refractivity contribution in [2.45, 2.75) is 25.6 Å². The molecule has 1 aromatic carbocycles. The van der Waals surface area contributed by atoms with Gasteiger partial charge in [-0.2, -0.15) is 0 Å². The average Bonchev–Trinajstić information content (AvgIpc) is 3.05. The van der Waals surface area contributed by atoms with E-state index in [0.717, 1.165) is 5.56 Å². The predicted molar refractivity (Wildman–Crippen MR) is 75.9 cm³/mol. The molecule has 0 spiro atoms. The molecule has 1 heterocycles.